The Kier molecular flexibility index (Phi) is 4.30. The minimum Gasteiger partial charge on any atom is -0.496 e. The van der Waals surface area contributed by atoms with Crippen LogP contribution in [0.4, 0.5) is 0 Å². The molecule has 0 aliphatic heterocycles. The van der Waals surface area contributed by atoms with Crippen LogP contribution >= 0.6 is 0 Å². The maximum absolute atomic E-state index is 11.9. The number of nitrogens with zero attached hydrogens (tertiary/aromatic N) is 2. The minimum atomic E-state index is -0.172. The summed E-state index contributed by atoms with van der Waals surface area (Å²) in [5.74, 6) is 0.627. The predicted octanol–water partition coefficient (Wildman–Crippen LogP) is 3.66. The van der Waals surface area contributed by atoms with Crippen molar-refractivity contribution in [3.8, 4) is 28.0 Å². The number of fused-ring (bicyclic) bond motifs is 1. The van der Waals surface area contributed by atoms with Gasteiger partial charge in [0.25, 0.3) is 5.91 Å². The molecule has 1 amide bonds. The summed E-state index contributed by atoms with van der Waals surface area (Å²) < 4.78 is 5.50. The molecule has 0 saturated heterocycles. The van der Waals surface area contributed by atoms with Crippen LogP contribution < -0.4 is 10.1 Å². The van der Waals surface area contributed by atoms with E-state index in [-0.39, 0.29) is 5.91 Å². The zero-order chi connectivity index (χ0) is 18.8. The zero-order valence-electron chi connectivity index (χ0n) is 15.0. The number of ether oxygens (including phenoxy) is 1. The second-order valence-electron chi connectivity index (χ2n) is 6.06. The van der Waals surface area contributed by atoms with Gasteiger partial charge >= 0.3 is 0 Å². The van der Waals surface area contributed by atoms with Crippen LogP contribution in [0.15, 0.2) is 61.2 Å². The smallest absolute Gasteiger partial charge is 0.252 e. The van der Waals surface area contributed by atoms with Crippen LogP contribution in [0.1, 0.15) is 10.4 Å². The van der Waals surface area contributed by atoms with Gasteiger partial charge in [-0.25, -0.2) is 4.98 Å². The average molecular weight is 358 g/mol. The number of H-pyrrole nitrogens is 1. The van der Waals surface area contributed by atoms with Gasteiger partial charge in [0.05, 0.1) is 12.7 Å². The number of hydrogen-bond acceptors (Lipinski definition) is 4. The fraction of sp³-hybridized carbons (Fsp3) is 0.0952. The Morgan fingerprint density at radius 1 is 1.07 bits per heavy atom. The van der Waals surface area contributed by atoms with Gasteiger partial charge in [-0.15, -0.1) is 0 Å². The molecule has 2 N–H and O–H groups in total. The second-order valence-corrected chi connectivity index (χ2v) is 6.06. The molecule has 1 aromatic carbocycles. The van der Waals surface area contributed by atoms with Crippen molar-refractivity contribution >= 4 is 16.9 Å². The molecule has 4 aromatic rings. The van der Waals surface area contributed by atoms with Crippen LogP contribution in [0.2, 0.25) is 0 Å². The highest BCUT2D eigenvalue weighted by molar-refractivity contribution is 5.98. The van der Waals surface area contributed by atoms with Gasteiger partial charge in [-0.3, -0.25) is 9.78 Å². The third kappa shape index (κ3) is 3.01. The number of pyridine rings is 2. The normalized spacial score (nSPS) is 10.7. The van der Waals surface area contributed by atoms with Crippen molar-refractivity contribution in [2.24, 2.45) is 0 Å². The summed E-state index contributed by atoms with van der Waals surface area (Å²) in [7, 11) is 3.26. The second kappa shape index (κ2) is 6.92. The lowest BCUT2D eigenvalue weighted by atomic mass is 10.0. The Balaban J connectivity index is 1.85. The molecule has 0 fully saturated rings. The molecular weight excluding hydrogens is 340 g/mol. The molecule has 0 radical (unpaired) electrons. The Morgan fingerprint density at radius 3 is 2.70 bits per heavy atom. The van der Waals surface area contributed by atoms with E-state index in [2.05, 4.69) is 20.3 Å². The summed E-state index contributed by atoms with van der Waals surface area (Å²) in [5.41, 5.74) is 5.01. The Morgan fingerprint density at radius 2 is 1.89 bits per heavy atom. The molecule has 4 rings (SSSR count). The number of aromatic nitrogens is 3. The van der Waals surface area contributed by atoms with Crippen molar-refractivity contribution in [1.29, 1.82) is 0 Å². The van der Waals surface area contributed by atoms with Crippen molar-refractivity contribution in [2.75, 3.05) is 14.2 Å². The molecule has 0 spiro atoms. The van der Waals surface area contributed by atoms with Crippen LogP contribution in [0.25, 0.3) is 33.3 Å². The number of nitrogens with one attached hydrogen (secondary N) is 2. The van der Waals surface area contributed by atoms with E-state index in [0.29, 0.717) is 5.56 Å². The Bertz CT molecular complexity index is 1130. The van der Waals surface area contributed by atoms with Gasteiger partial charge in [-0.05, 0) is 18.2 Å². The SMILES string of the molecule is CNC(=O)c1cncc(-c2cnc3[nH]cc(-c4ccccc4OC)c3c2)c1. The van der Waals surface area contributed by atoms with E-state index in [1.54, 1.807) is 32.7 Å². The lowest BCUT2D eigenvalue weighted by Gasteiger charge is -2.08. The monoisotopic (exact) mass is 358 g/mol. The molecular formula is C21H18N4O2. The average Bonchev–Trinajstić information content (AvgIpc) is 3.16. The van der Waals surface area contributed by atoms with Gasteiger partial charge in [0.2, 0.25) is 0 Å². The van der Waals surface area contributed by atoms with Crippen LogP contribution in [-0.4, -0.2) is 35.0 Å². The fourth-order valence-corrected chi connectivity index (χ4v) is 3.12. The molecule has 0 saturated carbocycles. The Hall–Kier alpha value is -3.67. The molecule has 134 valence electrons. The van der Waals surface area contributed by atoms with Gasteiger partial charge in [-0.2, -0.15) is 0 Å². The zero-order valence-corrected chi connectivity index (χ0v) is 15.0. The quantitative estimate of drug-likeness (QED) is 0.583. The first-order valence-electron chi connectivity index (χ1n) is 8.49. The number of amides is 1. The number of para-hydroxylation sites is 1. The van der Waals surface area contributed by atoms with Gasteiger partial charge in [0.1, 0.15) is 11.4 Å². The van der Waals surface area contributed by atoms with Crippen LogP contribution in [-0.2, 0) is 0 Å². The fourth-order valence-electron chi connectivity index (χ4n) is 3.12. The maximum Gasteiger partial charge on any atom is 0.252 e. The van der Waals surface area contributed by atoms with Crippen molar-refractivity contribution in [3.05, 3.63) is 66.7 Å². The third-order valence-corrected chi connectivity index (χ3v) is 4.49. The van der Waals surface area contributed by atoms with Crippen LogP contribution in [0.3, 0.4) is 0 Å². The first-order valence-corrected chi connectivity index (χ1v) is 8.49. The number of methoxy groups -OCH3 is 1. The predicted molar refractivity (Wildman–Crippen MR) is 105 cm³/mol. The molecule has 0 aliphatic rings. The summed E-state index contributed by atoms with van der Waals surface area (Å²) >= 11 is 0. The van der Waals surface area contributed by atoms with Crippen molar-refractivity contribution in [2.45, 2.75) is 0 Å². The number of carbonyl (C=O) groups excluding carboxylic acids is 1. The molecule has 0 aliphatic carbocycles. The third-order valence-electron chi connectivity index (χ3n) is 4.49. The maximum atomic E-state index is 11.9. The van der Waals surface area contributed by atoms with Crippen molar-refractivity contribution in [3.63, 3.8) is 0 Å². The highest BCUT2D eigenvalue weighted by atomic mass is 16.5. The molecule has 0 atom stereocenters. The Labute approximate surface area is 156 Å². The number of aromatic amines is 1. The van der Waals surface area contributed by atoms with E-state index in [4.69, 9.17) is 4.74 Å². The molecule has 3 aromatic heterocycles. The number of hydrogen-bond donors (Lipinski definition) is 2. The topological polar surface area (TPSA) is 79.9 Å². The number of rotatable bonds is 4. The van der Waals surface area contributed by atoms with E-state index >= 15 is 0 Å². The van der Waals surface area contributed by atoms with E-state index in [9.17, 15) is 4.79 Å². The molecule has 0 bridgehead atoms. The van der Waals surface area contributed by atoms with Crippen molar-refractivity contribution in [1.82, 2.24) is 20.3 Å². The number of carbonyl (C=O) groups is 1. The van der Waals surface area contributed by atoms with Crippen molar-refractivity contribution < 1.29 is 9.53 Å². The van der Waals surface area contributed by atoms with Gasteiger partial charge in [0, 0.05) is 59.5 Å². The lowest BCUT2D eigenvalue weighted by Crippen LogP contribution is -2.17. The molecule has 27 heavy (non-hydrogen) atoms. The lowest BCUT2D eigenvalue weighted by molar-refractivity contribution is 0.0963. The summed E-state index contributed by atoms with van der Waals surface area (Å²) in [4.78, 5) is 23.8. The summed E-state index contributed by atoms with van der Waals surface area (Å²) in [6, 6.07) is 11.7. The molecule has 6 nitrogen and oxygen atoms in total. The molecule has 6 heteroatoms. The number of benzene rings is 1. The van der Waals surface area contributed by atoms with E-state index in [0.717, 1.165) is 39.0 Å². The van der Waals surface area contributed by atoms with Crippen LogP contribution in [0, 0.1) is 0 Å². The first kappa shape index (κ1) is 16.8. The summed E-state index contributed by atoms with van der Waals surface area (Å²) in [6.07, 6.45) is 6.98. The van der Waals surface area contributed by atoms with Gasteiger partial charge < -0.3 is 15.0 Å². The summed E-state index contributed by atoms with van der Waals surface area (Å²) in [5, 5.41) is 3.59. The highest BCUT2D eigenvalue weighted by Crippen LogP contribution is 2.35. The van der Waals surface area contributed by atoms with E-state index in [1.807, 2.05) is 42.6 Å². The first-order chi connectivity index (χ1) is 13.2. The van der Waals surface area contributed by atoms with E-state index < -0.39 is 0 Å². The largest absolute Gasteiger partial charge is 0.496 e. The van der Waals surface area contributed by atoms with E-state index in [1.165, 1.54) is 0 Å². The van der Waals surface area contributed by atoms with Gasteiger partial charge in [-0.1, -0.05) is 18.2 Å². The standard InChI is InChI=1S/C21H18N4O2/c1-22-21(26)15-7-13(9-23-10-15)14-8-17-18(12-25-20(17)24-11-14)16-5-3-4-6-19(16)27-2/h3-12H,1-2H3,(H,22,26)(H,24,25). The van der Waals surface area contributed by atoms with Crippen LogP contribution in [0.5, 0.6) is 5.75 Å². The molecule has 3 heterocycles. The minimum absolute atomic E-state index is 0.172. The molecule has 0 unspecified atom stereocenters. The van der Waals surface area contributed by atoms with Gasteiger partial charge in [0.15, 0.2) is 0 Å². The highest BCUT2D eigenvalue weighted by Gasteiger charge is 2.13. The summed E-state index contributed by atoms with van der Waals surface area (Å²) in [6.45, 7) is 0.